The molecular formula is C11H11FN2S. The molecule has 0 atom stereocenters. The molecule has 0 unspecified atom stereocenters. The first-order chi connectivity index (χ1) is 7.27. The molecule has 2 aromatic rings. The second kappa shape index (κ2) is 4.40. The summed E-state index contributed by atoms with van der Waals surface area (Å²) in [5.41, 5.74) is 4.23. The Morgan fingerprint density at radius 1 is 1.47 bits per heavy atom. The fourth-order valence-electron chi connectivity index (χ4n) is 1.31. The molecule has 0 fully saturated rings. The summed E-state index contributed by atoms with van der Waals surface area (Å²) in [5, 5.41) is 5.13. The Labute approximate surface area is 91.8 Å². The highest BCUT2D eigenvalue weighted by Crippen LogP contribution is 2.18. The third-order valence-corrected chi connectivity index (χ3v) is 2.85. The van der Waals surface area contributed by atoms with E-state index in [1.165, 1.54) is 6.07 Å². The van der Waals surface area contributed by atoms with Gasteiger partial charge in [0, 0.05) is 16.6 Å². The lowest BCUT2D eigenvalue weighted by atomic mass is 10.2. The molecule has 15 heavy (non-hydrogen) atoms. The van der Waals surface area contributed by atoms with Gasteiger partial charge in [-0.2, -0.15) is 0 Å². The van der Waals surface area contributed by atoms with Crippen LogP contribution in [0.1, 0.15) is 11.3 Å². The van der Waals surface area contributed by atoms with Crippen molar-refractivity contribution in [1.29, 1.82) is 0 Å². The van der Waals surface area contributed by atoms with Crippen LogP contribution in [0.2, 0.25) is 0 Å². The van der Waals surface area contributed by atoms with Gasteiger partial charge in [0.05, 0.1) is 17.7 Å². The maximum atomic E-state index is 13.2. The van der Waals surface area contributed by atoms with Crippen molar-refractivity contribution in [3.63, 3.8) is 0 Å². The quantitative estimate of drug-likeness (QED) is 0.862. The number of hydrogen-bond donors (Lipinski definition) is 1. The van der Waals surface area contributed by atoms with Crippen molar-refractivity contribution in [3.8, 4) is 0 Å². The Kier molecular flexibility index (Phi) is 2.97. The lowest BCUT2D eigenvalue weighted by Gasteiger charge is -2.08. The van der Waals surface area contributed by atoms with E-state index in [0.717, 1.165) is 11.4 Å². The van der Waals surface area contributed by atoms with Gasteiger partial charge in [0.25, 0.3) is 0 Å². The molecule has 0 amide bonds. The summed E-state index contributed by atoms with van der Waals surface area (Å²) in [6.07, 6.45) is 0. The summed E-state index contributed by atoms with van der Waals surface area (Å²) >= 11 is 1.56. The van der Waals surface area contributed by atoms with Crippen molar-refractivity contribution in [3.05, 3.63) is 46.2 Å². The normalized spacial score (nSPS) is 10.3. The second-order valence-corrected chi connectivity index (χ2v) is 3.96. The number of hydrogen-bond acceptors (Lipinski definition) is 3. The molecule has 0 aliphatic carbocycles. The predicted molar refractivity (Wildman–Crippen MR) is 60.6 cm³/mol. The molecule has 1 aromatic carbocycles. The molecule has 0 aliphatic heterocycles. The number of anilines is 1. The van der Waals surface area contributed by atoms with Crippen molar-refractivity contribution in [2.45, 2.75) is 13.5 Å². The van der Waals surface area contributed by atoms with Gasteiger partial charge in [-0.25, -0.2) is 9.37 Å². The van der Waals surface area contributed by atoms with Crippen molar-refractivity contribution in [1.82, 2.24) is 4.98 Å². The molecule has 0 aliphatic rings. The SMILES string of the molecule is Cc1c(F)cccc1NCc1cscn1. The average molecular weight is 222 g/mol. The fourth-order valence-corrected chi connectivity index (χ4v) is 1.87. The van der Waals surface area contributed by atoms with Gasteiger partial charge in [-0.1, -0.05) is 6.07 Å². The molecule has 1 aromatic heterocycles. The first kappa shape index (κ1) is 10.1. The van der Waals surface area contributed by atoms with Crippen molar-refractivity contribution < 1.29 is 4.39 Å². The van der Waals surface area contributed by atoms with Crippen LogP contribution in [0.25, 0.3) is 0 Å². The summed E-state index contributed by atoms with van der Waals surface area (Å²) in [6, 6.07) is 5.03. The minimum atomic E-state index is -0.182. The van der Waals surface area contributed by atoms with Gasteiger partial charge in [-0.15, -0.1) is 11.3 Å². The van der Waals surface area contributed by atoms with E-state index >= 15 is 0 Å². The molecule has 78 valence electrons. The minimum Gasteiger partial charge on any atom is -0.379 e. The van der Waals surface area contributed by atoms with Crippen LogP contribution in [-0.4, -0.2) is 4.98 Å². The first-order valence-corrected chi connectivity index (χ1v) is 5.57. The zero-order valence-electron chi connectivity index (χ0n) is 8.33. The molecule has 0 bridgehead atoms. The van der Waals surface area contributed by atoms with Crippen LogP contribution in [0.5, 0.6) is 0 Å². The summed E-state index contributed by atoms with van der Waals surface area (Å²) in [7, 11) is 0. The highest BCUT2D eigenvalue weighted by molar-refractivity contribution is 7.07. The average Bonchev–Trinajstić information content (AvgIpc) is 2.73. The number of benzene rings is 1. The number of halogens is 1. The molecule has 0 radical (unpaired) electrons. The summed E-state index contributed by atoms with van der Waals surface area (Å²) in [6.45, 7) is 2.40. The Morgan fingerprint density at radius 2 is 2.33 bits per heavy atom. The smallest absolute Gasteiger partial charge is 0.128 e. The number of aromatic nitrogens is 1. The molecule has 2 nitrogen and oxygen atoms in total. The standard InChI is InChI=1S/C11H11FN2S/c1-8-10(12)3-2-4-11(8)13-5-9-6-15-7-14-9/h2-4,6-7,13H,5H2,1H3. The largest absolute Gasteiger partial charge is 0.379 e. The van der Waals surface area contributed by atoms with Crippen LogP contribution in [0.3, 0.4) is 0 Å². The topological polar surface area (TPSA) is 24.9 Å². The third kappa shape index (κ3) is 2.33. The van der Waals surface area contributed by atoms with Crippen LogP contribution < -0.4 is 5.32 Å². The van der Waals surface area contributed by atoms with E-state index in [1.807, 2.05) is 11.4 Å². The first-order valence-electron chi connectivity index (χ1n) is 4.63. The molecule has 0 spiro atoms. The van der Waals surface area contributed by atoms with E-state index in [2.05, 4.69) is 10.3 Å². The van der Waals surface area contributed by atoms with Gasteiger partial charge in [0.15, 0.2) is 0 Å². The highest BCUT2D eigenvalue weighted by Gasteiger charge is 2.02. The number of nitrogens with zero attached hydrogens (tertiary/aromatic N) is 1. The van der Waals surface area contributed by atoms with E-state index < -0.39 is 0 Å². The van der Waals surface area contributed by atoms with Crippen LogP contribution in [-0.2, 0) is 6.54 Å². The van der Waals surface area contributed by atoms with E-state index in [0.29, 0.717) is 12.1 Å². The van der Waals surface area contributed by atoms with Crippen molar-refractivity contribution >= 4 is 17.0 Å². The van der Waals surface area contributed by atoms with Crippen LogP contribution in [0.4, 0.5) is 10.1 Å². The predicted octanol–water partition coefficient (Wildman–Crippen LogP) is 3.20. The van der Waals surface area contributed by atoms with Gasteiger partial charge in [-0.3, -0.25) is 0 Å². The third-order valence-electron chi connectivity index (χ3n) is 2.21. The van der Waals surface area contributed by atoms with Crippen LogP contribution in [0, 0.1) is 12.7 Å². The maximum Gasteiger partial charge on any atom is 0.128 e. The van der Waals surface area contributed by atoms with E-state index in [4.69, 9.17) is 0 Å². The van der Waals surface area contributed by atoms with E-state index in [9.17, 15) is 4.39 Å². The highest BCUT2D eigenvalue weighted by atomic mass is 32.1. The van der Waals surface area contributed by atoms with Gasteiger partial charge in [0.1, 0.15) is 5.82 Å². The summed E-state index contributed by atoms with van der Waals surface area (Å²) in [5.74, 6) is -0.182. The minimum absolute atomic E-state index is 0.182. The zero-order valence-corrected chi connectivity index (χ0v) is 9.14. The van der Waals surface area contributed by atoms with E-state index in [-0.39, 0.29) is 5.82 Å². The number of thiazole rings is 1. The van der Waals surface area contributed by atoms with E-state index in [1.54, 1.807) is 29.8 Å². The van der Waals surface area contributed by atoms with Gasteiger partial charge in [-0.05, 0) is 19.1 Å². The fraction of sp³-hybridized carbons (Fsp3) is 0.182. The van der Waals surface area contributed by atoms with Crippen molar-refractivity contribution in [2.75, 3.05) is 5.32 Å². The lowest BCUT2D eigenvalue weighted by molar-refractivity contribution is 0.619. The van der Waals surface area contributed by atoms with Crippen LogP contribution >= 0.6 is 11.3 Å². The lowest BCUT2D eigenvalue weighted by Crippen LogP contribution is -2.02. The molecule has 2 rings (SSSR count). The molecule has 0 saturated heterocycles. The summed E-state index contributed by atoms with van der Waals surface area (Å²) < 4.78 is 13.2. The number of rotatable bonds is 3. The Bertz CT molecular complexity index is 440. The molecule has 0 saturated carbocycles. The summed E-state index contributed by atoms with van der Waals surface area (Å²) in [4.78, 5) is 4.15. The Morgan fingerprint density at radius 3 is 3.07 bits per heavy atom. The van der Waals surface area contributed by atoms with Gasteiger partial charge in [0.2, 0.25) is 0 Å². The van der Waals surface area contributed by atoms with Gasteiger partial charge < -0.3 is 5.32 Å². The number of nitrogens with one attached hydrogen (secondary N) is 1. The Hall–Kier alpha value is -1.42. The molecule has 4 heteroatoms. The second-order valence-electron chi connectivity index (χ2n) is 3.25. The monoisotopic (exact) mass is 222 g/mol. The van der Waals surface area contributed by atoms with Crippen LogP contribution in [0.15, 0.2) is 29.1 Å². The maximum absolute atomic E-state index is 13.2. The molecular weight excluding hydrogens is 211 g/mol. The Balaban J connectivity index is 2.08. The molecule has 1 heterocycles. The van der Waals surface area contributed by atoms with Gasteiger partial charge >= 0.3 is 0 Å². The molecule has 1 N–H and O–H groups in total. The van der Waals surface area contributed by atoms with Crippen molar-refractivity contribution in [2.24, 2.45) is 0 Å². The zero-order chi connectivity index (χ0) is 10.7.